The van der Waals surface area contributed by atoms with Gasteiger partial charge in [-0.15, -0.1) is 22.8 Å². The third-order valence-electron chi connectivity index (χ3n) is 2.47. The molecule has 8 heteroatoms. The third-order valence-corrected chi connectivity index (χ3v) is 19.0. The Hall–Kier alpha value is 1.92. The van der Waals surface area contributed by atoms with Gasteiger partial charge in [0.15, 0.2) is 0 Å². The van der Waals surface area contributed by atoms with Crippen molar-refractivity contribution >= 4 is 57.3 Å². The molecule has 2 unspecified atom stereocenters. The van der Waals surface area contributed by atoms with Crippen molar-refractivity contribution in [1.29, 1.82) is 0 Å². The lowest BCUT2D eigenvalue weighted by atomic mass is 10.4. The Morgan fingerprint density at radius 3 is 1.47 bits per heavy atom. The highest BCUT2D eigenvalue weighted by Gasteiger charge is 2.28. The molecule has 0 aromatic carbocycles. The average Bonchev–Trinajstić information content (AvgIpc) is 2.39. The second-order valence-corrected chi connectivity index (χ2v) is 19.6. The fraction of sp³-hybridized carbons (Fsp3) is 1.00. The zero-order chi connectivity index (χ0) is 14.8. The number of unbranched alkanes of at least 4 members (excludes halogenated alkanes) is 2. The molecule has 116 valence electrons. The van der Waals surface area contributed by atoms with Crippen LogP contribution in [0.15, 0.2) is 0 Å². The van der Waals surface area contributed by atoms with Gasteiger partial charge in [-0.1, -0.05) is 50.3 Å². The standard InChI is InChI=1S/C11H26O2P2S4/c1-5-7-9-12-14(16,18-3)11-15(17,19-4)13-10-8-6-2/h5-11H2,1-4H3. The van der Waals surface area contributed by atoms with Crippen LogP contribution in [0.2, 0.25) is 0 Å². The molecule has 0 N–H and O–H groups in total. The van der Waals surface area contributed by atoms with Crippen LogP contribution in [0.3, 0.4) is 0 Å². The van der Waals surface area contributed by atoms with Gasteiger partial charge in [-0.25, -0.2) is 0 Å². The van der Waals surface area contributed by atoms with Gasteiger partial charge >= 0.3 is 0 Å². The summed E-state index contributed by atoms with van der Waals surface area (Å²) in [5.41, 5.74) is -3.73. The van der Waals surface area contributed by atoms with Crippen LogP contribution in [0.4, 0.5) is 0 Å². The van der Waals surface area contributed by atoms with Crippen LogP contribution in [-0.4, -0.2) is 31.6 Å². The van der Waals surface area contributed by atoms with Gasteiger partial charge in [0.2, 0.25) is 0 Å². The number of rotatable bonds is 12. The molecule has 0 radical (unpaired) electrons. The number of hydrogen-bond acceptors (Lipinski definition) is 6. The van der Waals surface area contributed by atoms with Gasteiger partial charge in [0, 0.05) is 0 Å². The van der Waals surface area contributed by atoms with Crippen molar-refractivity contribution in [2.75, 3.05) is 31.6 Å². The first kappa shape index (κ1) is 20.9. The molecule has 0 aliphatic heterocycles. The van der Waals surface area contributed by atoms with Gasteiger partial charge in [-0.3, -0.25) is 0 Å². The van der Waals surface area contributed by atoms with Gasteiger partial charge in [0.25, 0.3) is 0 Å². The van der Waals surface area contributed by atoms with Crippen LogP contribution in [0.25, 0.3) is 0 Å². The second-order valence-electron chi connectivity index (χ2n) is 4.10. The van der Waals surface area contributed by atoms with Gasteiger partial charge in [0.05, 0.1) is 19.1 Å². The minimum Gasteiger partial charge on any atom is -0.341 e. The smallest absolute Gasteiger partial charge is 0.127 e. The van der Waals surface area contributed by atoms with Crippen LogP contribution in [0.1, 0.15) is 39.5 Å². The summed E-state index contributed by atoms with van der Waals surface area (Å²) < 4.78 is 12.0. The summed E-state index contributed by atoms with van der Waals surface area (Å²) in [6.07, 6.45) is 8.48. The van der Waals surface area contributed by atoms with Gasteiger partial charge in [-0.2, -0.15) is 0 Å². The maximum Gasteiger partial charge on any atom is 0.127 e. The van der Waals surface area contributed by atoms with E-state index in [1.54, 1.807) is 22.8 Å². The Bertz CT molecular complexity index is 296. The molecule has 0 aliphatic carbocycles. The predicted octanol–water partition coefficient (Wildman–Crippen LogP) is 5.92. The van der Waals surface area contributed by atoms with Crippen LogP contribution < -0.4 is 0 Å². The van der Waals surface area contributed by atoms with E-state index >= 15 is 0 Å². The van der Waals surface area contributed by atoms with Crippen molar-refractivity contribution in [2.45, 2.75) is 39.5 Å². The summed E-state index contributed by atoms with van der Waals surface area (Å²) in [6.45, 7) is 5.83. The first-order valence-corrected chi connectivity index (χ1v) is 16.0. The van der Waals surface area contributed by atoms with Crippen molar-refractivity contribution in [2.24, 2.45) is 0 Å². The van der Waals surface area contributed by atoms with Crippen LogP contribution >= 0.6 is 33.7 Å². The van der Waals surface area contributed by atoms with E-state index in [-0.39, 0.29) is 0 Å². The first-order valence-electron chi connectivity index (χ1n) is 6.54. The van der Waals surface area contributed by atoms with E-state index in [1.165, 1.54) is 0 Å². The molecule has 19 heavy (non-hydrogen) atoms. The molecule has 0 aromatic heterocycles. The van der Waals surface area contributed by atoms with Crippen molar-refractivity contribution in [3.05, 3.63) is 0 Å². The van der Waals surface area contributed by atoms with E-state index in [1.807, 2.05) is 12.5 Å². The molecule has 0 heterocycles. The fourth-order valence-electron chi connectivity index (χ4n) is 1.21. The molecule has 0 spiro atoms. The highest BCUT2D eigenvalue weighted by molar-refractivity contribution is 8.76. The molecule has 0 amide bonds. The van der Waals surface area contributed by atoms with Crippen LogP contribution in [0.5, 0.6) is 0 Å². The van der Waals surface area contributed by atoms with Gasteiger partial charge in [-0.05, 0) is 25.4 Å². The summed E-state index contributed by atoms with van der Waals surface area (Å²) >= 11 is 14.8. The summed E-state index contributed by atoms with van der Waals surface area (Å²) in [5, 5.41) is 0. The molecule has 0 saturated heterocycles. The lowest BCUT2D eigenvalue weighted by molar-refractivity contribution is 0.342. The van der Waals surface area contributed by atoms with E-state index in [0.29, 0.717) is 0 Å². The Balaban J connectivity index is 4.52. The highest BCUT2D eigenvalue weighted by atomic mass is 32.9. The van der Waals surface area contributed by atoms with Crippen molar-refractivity contribution in [3.63, 3.8) is 0 Å². The van der Waals surface area contributed by atoms with Gasteiger partial charge < -0.3 is 9.05 Å². The normalized spacial score (nSPS) is 17.9. The highest BCUT2D eigenvalue weighted by Crippen LogP contribution is 2.73. The third kappa shape index (κ3) is 9.52. The van der Waals surface area contributed by atoms with E-state index in [9.17, 15) is 0 Å². The van der Waals surface area contributed by atoms with Crippen molar-refractivity contribution in [3.8, 4) is 0 Å². The fourth-order valence-corrected chi connectivity index (χ4v) is 17.6. The summed E-state index contributed by atoms with van der Waals surface area (Å²) in [4.78, 5) is 0. The largest absolute Gasteiger partial charge is 0.341 e. The van der Waals surface area contributed by atoms with Crippen LogP contribution in [0, 0.1) is 0 Å². The molecular formula is C11H26O2P2S4. The number of hydrogen-bond donors (Lipinski definition) is 0. The predicted molar refractivity (Wildman–Crippen MR) is 102 cm³/mol. The van der Waals surface area contributed by atoms with Gasteiger partial charge in [0.1, 0.15) is 10.9 Å². The molecule has 2 atom stereocenters. The topological polar surface area (TPSA) is 18.5 Å². The first-order chi connectivity index (χ1) is 8.95. The zero-order valence-electron chi connectivity index (χ0n) is 12.3. The Morgan fingerprint density at radius 1 is 0.842 bits per heavy atom. The Kier molecular flexibility index (Phi) is 12.6. The summed E-state index contributed by atoms with van der Waals surface area (Å²) in [6, 6.07) is 0. The summed E-state index contributed by atoms with van der Waals surface area (Å²) in [7, 11) is 0. The van der Waals surface area contributed by atoms with Crippen LogP contribution in [-0.2, 0) is 32.7 Å². The minimum absolute atomic E-state index is 0.757. The van der Waals surface area contributed by atoms with E-state index < -0.39 is 10.9 Å². The minimum atomic E-state index is -1.87. The second kappa shape index (κ2) is 11.5. The SMILES string of the molecule is CCCCOP(=S)(CP(=S)(OCCCC)SC)SC. The molecule has 0 bridgehead atoms. The van der Waals surface area contributed by atoms with Crippen molar-refractivity contribution in [1.82, 2.24) is 0 Å². The molecule has 2 nitrogen and oxygen atoms in total. The monoisotopic (exact) mass is 380 g/mol. The lowest BCUT2D eigenvalue weighted by Gasteiger charge is -2.27. The molecule has 0 rings (SSSR count). The maximum absolute atomic E-state index is 5.98. The molecular weight excluding hydrogens is 354 g/mol. The molecule has 0 aliphatic rings. The molecule has 0 aromatic rings. The molecule has 0 saturated carbocycles. The molecule has 0 fully saturated rings. The average molecular weight is 381 g/mol. The Labute approximate surface area is 137 Å². The van der Waals surface area contributed by atoms with E-state index in [2.05, 4.69) is 13.8 Å². The summed E-state index contributed by atoms with van der Waals surface area (Å²) in [5.74, 6) is 0.764. The van der Waals surface area contributed by atoms with E-state index in [4.69, 9.17) is 32.7 Å². The lowest BCUT2D eigenvalue weighted by Crippen LogP contribution is -1.98. The van der Waals surface area contributed by atoms with E-state index in [0.717, 1.165) is 44.8 Å². The zero-order valence-corrected chi connectivity index (χ0v) is 17.3. The maximum atomic E-state index is 5.98. The quantitative estimate of drug-likeness (QED) is 0.307. The van der Waals surface area contributed by atoms with Crippen molar-refractivity contribution < 1.29 is 9.05 Å². The Morgan fingerprint density at radius 2 is 1.21 bits per heavy atom.